The van der Waals surface area contributed by atoms with Gasteiger partial charge in [-0.3, -0.25) is 4.90 Å². The zero-order chi connectivity index (χ0) is 23.9. The first-order valence-corrected chi connectivity index (χ1v) is 12.5. The number of carbonyl (C=O) groups excluding carboxylic acids is 2. The van der Waals surface area contributed by atoms with Crippen molar-refractivity contribution >= 4 is 12.1 Å². The molecule has 182 valence electrons. The quantitative estimate of drug-likeness (QED) is 0.222. The molecule has 0 heterocycles. The first-order chi connectivity index (χ1) is 15.3. The van der Waals surface area contributed by atoms with Crippen LogP contribution in [0.5, 0.6) is 0 Å². The maximum absolute atomic E-state index is 13.0. The Balaban J connectivity index is 2.94. The Hall–Kier alpha value is -2.04. The van der Waals surface area contributed by atoms with Gasteiger partial charge in [-0.15, -0.1) is 0 Å². The first kappa shape index (κ1) is 28.0. The minimum Gasteiger partial charge on any atom is -0.464 e. The van der Waals surface area contributed by atoms with Crippen molar-refractivity contribution in [3.8, 4) is 0 Å². The molecular weight excluding hydrogens is 402 g/mol. The summed E-state index contributed by atoms with van der Waals surface area (Å²) >= 11 is 0. The Morgan fingerprint density at radius 1 is 0.812 bits per heavy atom. The van der Waals surface area contributed by atoms with Gasteiger partial charge in [-0.1, -0.05) is 69.6 Å². The molecule has 0 N–H and O–H groups in total. The highest BCUT2D eigenvalue weighted by Gasteiger charge is 2.32. The van der Waals surface area contributed by atoms with Crippen LogP contribution in [0.2, 0.25) is 0 Å². The van der Waals surface area contributed by atoms with Crippen molar-refractivity contribution in [2.24, 2.45) is 0 Å². The molecule has 0 bridgehead atoms. The number of hydrogen-bond donors (Lipinski definition) is 0. The van der Waals surface area contributed by atoms with Gasteiger partial charge < -0.3 is 9.47 Å². The number of carbonyl (C=O) groups is 2. The molecule has 1 atom stereocenters. The minimum absolute atomic E-state index is 0.283. The van der Waals surface area contributed by atoms with Gasteiger partial charge in [0.1, 0.15) is 6.04 Å². The number of aryl methyl sites for hydroxylation is 3. The normalized spacial score (nSPS) is 11.8. The van der Waals surface area contributed by atoms with Crippen LogP contribution in [0.15, 0.2) is 12.1 Å². The molecule has 1 aromatic carbocycles. The molecule has 0 fully saturated rings. The van der Waals surface area contributed by atoms with E-state index in [0.717, 1.165) is 36.0 Å². The van der Waals surface area contributed by atoms with E-state index in [9.17, 15) is 9.59 Å². The number of esters is 1. The Bertz CT molecular complexity index is 678. The summed E-state index contributed by atoms with van der Waals surface area (Å²) in [7, 11) is 0. The standard InChI is InChI=1S/C27H45NO4/c1-7-10-11-12-13-14-15-16-17-28(27(30)32-9-3)25(26(29)31-8-2)20-24-22(5)18-21(4)19-23(24)6/h18-19,25H,7-17,20H2,1-6H3. The zero-order valence-electron chi connectivity index (χ0n) is 21.3. The van der Waals surface area contributed by atoms with Crippen molar-refractivity contribution in [1.82, 2.24) is 4.90 Å². The lowest BCUT2D eigenvalue weighted by atomic mass is 9.93. The van der Waals surface area contributed by atoms with Gasteiger partial charge >= 0.3 is 12.1 Å². The Kier molecular flexibility index (Phi) is 13.7. The van der Waals surface area contributed by atoms with Gasteiger partial charge in [-0.25, -0.2) is 9.59 Å². The summed E-state index contributed by atoms with van der Waals surface area (Å²) < 4.78 is 10.7. The third-order valence-corrected chi connectivity index (χ3v) is 5.93. The van der Waals surface area contributed by atoms with E-state index in [4.69, 9.17) is 9.47 Å². The van der Waals surface area contributed by atoms with E-state index in [1.807, 2.05) is 0 Å². The van der Waals surface area contributed by atoms with Crippen LogP contribution in [0.4, 0.5) is 4.79 Å². The van der Waals surface area contributed by atoms with Gasteiger partial charge in [0.05, 0.1) is 13.2 Å². The second-order valence-electron chi connectivity index (χ2n) is 8.72. The van der Waals surface area contributed by atoms with E-state index in [2.05, 4.69) is 39.8 Å². The molecule has 1 aromatic rings. The predicted octanol–water partition coefficient (Wildman–Crippen LogP) is 6.69. The molecule has 0 radical (unpaired) electrons. The molecule has 32 heavy (non-hydrogen) atoms. The molecule has 0 aliphatic carbocycles. The van der Waals surface area contributed by atoms with E-state index in [1.54, 1.807) is 18.7 Å². The molecule has 0 aliphatic heterocycles. The first-order valence-electron chi connectivity index (χ1n) is 12.5. The van der Waals surface area contributed by atoms with Gasteiger partial charge in [0, 0.05) is 13.0 Å². The monoisotopic (exact) mass is 447 g/mol. The number of unbranched alkanes of at least 4 members (excludes halogenated alkanes) is 7. The van der Waals surface area contributed by atoms with Crippen molar-refractivity contribution in [3.63, 3.8) is 0 Å². The average molecular weight is 448 g/mol. The predicted molar refractivity (Wildman–Crippen MR) is 131 cm³/mol. The summed E-state index contributed by atoms with van der Waals surface area (Å²) in [6.45, 7) is 13.1. The third-order valence-electron chi connectivity index (χ3n) is 5.93. The zero-order valence-corrected chi connectivity index (χ0v) is 21.3. The fourth-order valence-electron chi connectivity index (χ4n) is 4.28. The topological polar surface area (TPSA) is 55.8 Å². The lowest BCUT2D eigenvalue weighted by molar-refractivity contribution is -0.149. The SMILES string of the molecule is CCCCCCCCCCN(C(=O)OCC)C(Cc1c(C)cc(C)cc1C)C(=O)OCC. The van der Waals surface area contributed by atoms with Crippen molar-refractivity contribution in [2.45, 2.75) is 105 Å². The minimum atomic E-state index is -0.682. The number of ether oxygens (including phenoxy) is 2. The van der Waals surface area contributed by atoms with Crippen LogP contribution in [-0.4, -0.2) is 42.8 Å². The second-order valence-corrected chi connectivity index (χ2v) is 8.72. The van der Waals surface area contributed by atoms with Gasteiger partial charge in [0.15, 0.2) is 0 Å². The number of amides is 1. The van der Waals surface area contributed by atoms with Crippen molar-refractivity contribution in [1.29, 1.82) is 0 Å². The van der Waals surface area contributed by atoms with Crippen molar-refractivity contribution < 1.29 is 19.1 Å². The molecule has 1 unspecified atom stereocenters. The van der Waals surface area contributed by atoms with Crippen LogP contribution >= 0.6 is 0 Å². The molecule has 5 nitrogen and oxygen atoms in total. The summed E-state index contributed by atoms with van der Waals surface area (Å²) in [5.41, 5.74) is 4.55. The maximum Gasteiger partial charge on any atom is 0.410 e. The molecule has 1 rings (SSSR count). The van der Waals surface area contributed by atoms with Gasteiger partial charge in [-0.05, 0) is 57.7 Å². The molecule has 5 heteroatoms. The fourth-order valence-corrected chi connectivity index (χ4v) is 4.28. The smallest absolute Gasteiger partial charge is 0.410 e. The fraction of sp³-hybridized carbons (Fsp3) is 0.704. The van der Waals surface area contributed by atoms with E-state index in [-0.39, 0.29) is 19.2 Å². The van der Waals surface area contributed by atoms with E-state index < -0.39 is 12.1 Å². The summed E-state index contributed by atoms with van der Waals surface area (Å²) in [5.74, 6) is -0.362. The van der Waals surface area contributed by atoms with Crippen LogP contribution in [-0.2, 0) is 20.7 Å². The van der Waals surface area contributed by atoms with Gasteiger partial charge in [0.2, 0.25) is 0 Å². The number of nitrogens with zero attached hydrogens (tertiary/aromatic N) is 1. The molecule has 0 spiro atoms. The number of benzene rings is 1. The van der Waals surface area contributed by atoms with Gasteiger partial charge in [0.25, 0.3) is 0 Å². The van der Waals surface area contributed by atoms with Crippen LogP contribution < -0.4 is 0 Å². The highest BCUT2D eigenvalue weighted by Crippen LogP contribution is 2.22. The largest absolute Gasteiger partial charge is 0.464 e. The Morgan fingerprint density at radius 2 is 1.34 bits per heavy atom. The maximum atomic E-state index is 13.0. The van der Waals surface area contributed by atoms with Crippen LogP contribution in [0, 0.1) is 20.8 Å². The van der Waals surface area contributed by atoms with E-state index in [0.29, 0.717) is 13.0 Å². The molecular formula is C27H45NO4. The van der Waals surface area contributed by atoms with E-state index >= 15 is 0 Å². The van der Waals surface area contributed by atoms with Crippen LogP contribution in [0.1, 0.15) is 94.4 Å². The number of rotatable bonds is 15. The van der Waals surface area contributed by atoms with Gasteiger partial charge in [-0.2, -0.15) is 0 Å². The molecule has 0 aliphatic rings. The third kappa shape index (κ3) is 9.62. The summed E-state index contributed by atoms with van der Waals surface area (Å²) in [6.07, 6.45) is 9.40. The molecule has 0 aromatic heterocycles. The second kappa shape index (κ2) is 15.7. The Labute approximate surface area is 195 Å². The van der Waals surface area contributed by atoms with Crippen LogP contribution in [0.25, 0.3) is 0 Å². The lowest BCUT2D eigenvalue weighted by Crippen LogP contribution is -2.48. The van der Waals surface area contributed by atoms with Crippen molar-refractivity contribution in [3.05, 3.63) is 34.4 Å². The summed E-state index contributed by atoms with van der Waals surface area (Å²) in [4.78, 5) is 27.4. The highest BCUT2D eigenvalue weighted by molar-refractivity contribution is 5.82. The van der Waals surface area contributed by atoms with E-state index in [1.165, 1.54) is 37.7 Å². The summed E-state index contributed by atoms with van der Waals surface area (Å²) in [5, 5.41) is 0. The Morgan fingerprint density at radius 3 is 1.88 bits per heavy atom. The summed E-state index contributed by atoms with van der Waals surface area (Å²) in [6, 6.07) is 3.56. The number of hydrogen-bond acceptors (Lipinski definition) is 4. The average Bonchev–Trinajstić information content (AvgIpc) is 2.73. The molecule has 0 saturated heterocycles. The van der Waals surface area contributed by atoms with Crippen molar-refractivity contribution in [2.75, 3.05) is 19.8 Å². The molecule has 0 saturated carbocycles. The molecule has 1 amide bonds. The van der Waals surface area contributed by atoms with Crippen LogP contribution in [0.3, 0.4) is 0 Å². The highest BCUT2D eigenvalue weighted by atomic mass is 16.6. The lowest BCUT2D eigenvalue weighted by Gasteiger charge is -2.30.